The van der Waals surface area contributed by atoms with Gasteiger partial charge in [-0.1, -0.05) is 12.1 Å². The number of halogens is 2. The average Bonchev–Trinajstić information content (AvgIpc) is 3.00. The van der Waals surface area contributed by atoms with Crippen LogP contribution in [0.3, 0.4) is 0 Å². The van der Waals surface area contributed by atoms with E-state index >= 15 is 0 Å². The van der Waals surface area contributed by atoms with Crippen molar-refractivity contribution in [2.45, 2.75) is 44.7 Å². The van der Waals surface area contributed by atoms with Gasteiger partial charge in [-0.25, -0.2) is 4.39 Å². The fourth-order valence-corrected chi connectivity index (χ4v) is 3.66. The van der Waals surface area contributed by atoms with E-state index < -0.39 is 5.82 Å². The highest BCUT2D eigenvalue weighted by Crippen LogP contribution is 2.21. The second-order valence-electron chi connectivity index (χ2n) is 7.15. The summed E-state index contributed by atoms with van der Waals surface area (Å²) >= 11 is 0. The summed E-state index contributed by atoms with van der Waals surface area (Å²) in [7, 11) is 1.44. The Balaban J connectivity index is 0.00000300. The van der Waals surface area contributed by atoms with Crippen molar-refractivity contribution in [1.82, 2.24) is 15.2 Å². The smallest absolute Gasteiger partial charge is 0.223 e. The van der Waals surface area contributed by atoms with E-state index in [1.807, 2.05) is 29.2 Å². The van der Waals surface area contributed by atoms with Gasteiger partial charge in [0.05, 0.1) is 19.3 Å². The van der Waals surface area contributed by atoms with Crippen LogP contribution in [0.1, 0.15) is 36.9 Å². The number of aryl methyl sites for hydroxylation is 1. The third-order valence-corrected chi connectivity index (χ3v) is 5.21. The Morgan fingerprint density at radius 1 is 1.28 bits per heavy atom. The van der Waals surface area contributed by atoms with Crippen LogP contribution in [0.4, 0.5) is 4.39 Å². The molecule has 3 rings (SSSR count). The normalized spacial score (nSPS) is 16.4. The summed E-state index contributed by atoms with van der Waals surface area (Å²) in [5.74, 6) is -0.0841. The number of nitrogens with zero attached hydrogens (tertiary/aromatic N) is 2. The maximum absolute atomic E-state index is 13.9. The van der Waals surface area contributed by atoms with Gasteiger partial charge in [0.15, 0.2) is 11.6 Å². The van der Waals surface area contributed by atoms with Crippen molar-refractivity contribution in [2.24, 2.45) is 0 Å². The highest BCUT2D eigenvalue weighted by Gasteiger charge is 2.25. The first-order valence-electron chi connectivity index (χ1n) is 9.90. The summed E-state index contributed by atoms with van der Waals surface area (Å²) in [6, 6.07) is 10.9. The van der Waals surface area contributed by atoms with Crippen LogP contribution < -0.4 is 10.1 Å². The van der Waals surface area contributed by atoms with Gasteiger partial charge >= 0.3 is 0 Å². The molecular weight excluding hydrogens is 393 g/mol. The molecule has 1 N–H and O–H groups in total. The molecule has 1 unspecified atom stereocenters. The highest BCUT2D eigenvalue weighted by atomic mass is 35.5. The van der Waals surface area contributed by atoms with E-state index in [2.05, 4.69) is 10.3 Å². The molecule has 7 heteroatoms. The summed E-state index contributed by atoms with van der Waals surface area (Å²) in [5.41, 5.74) is 1.69. The van der Waals surface area contributed by atoms with Crippen LogP contribution in [0.5, 0.6) is 5.75 Å². The van der Waals surface area contributed by atoms with E-state index in [1.165, 1.54) is 13.2 Å². The van der Waals surface area contributed by atoms with Crippen molar-refractivity contribution < 1.29 is 13.9 Å². The molecule has 1 aliphatic rings. The minimum absolute atomic E-state index is 0. The zero-order valence-electron chi connectivity index (χ0n) is 16.8. The number of aromatic nitrogens is 1. The van der Waals surface area contributed by atoms with Crippen molar-refractivity contribution in [3.8, 4) is 5.75 Å². The number of methoxy groups -OCH3 is 1. The van der Waals surface area contributed by atoms with Crippen LogP contribution in [0.15, 0.2) is 42.6 Å². The molecule has 2 heterocycles. The van der Waals surface area contributed by atoms with Gasteiger partial charge in [-0.3, -0.25) is 9.78 Å². The quantitative estimate of drug-likeness (QED) is 0.739. The zero-order valence-corrected chi connectivity index (χ0v) is 17.6. The monoisotopic (exact) mass is 421 g/mol. The molecule has 1 saturated heterocycles. The minimum Gasteiger partial charge on any atom is -0.494 e. The second-order valence-corrected chi connectivity index (χ2v) is 7.15. The summed E-state index contributed by atoms with van der Waals surface area (Å²) < 4.78 is 18.9. The number of hydrogen-bond donors (Lipinski definition) is 1. The molecule has 1 aliphatic heterocycles. The van der Waals surface area contributed by atoms with E-state index in [1.54, 1.807) is 12.3 Å². The fourth-order valence-electron chi connectivity index (χ4n) is 3.66. The van der Waals surface area contributed by atoms with Gasteiger partial charge in [-0.2, -0.15) is 0 Å². The molecule has 0 aliphatic carbocycles. The molecule has 5 nitrogen and oxygen atoms in total. The van der Waals surface area contributed by atoms with Gasteiger partial charge in [-0.05, 0) is 68.6 Å². The molecule has 1 fully saturated rings. The molecule has 0 radical (unpaired) electrons. The topological polar surface area (TPSA) is 54.5 Å². The predicted molar refractivity (Wildman–Crippen MR) is 114 cm³/mol. The maximum atomic E-state index is 13.9. The molecule has 1 amide bonds. The Morgan fingerprint density at radius 2 is 2.14 bits per heavy atom. The first-order chi connectivity index (χ1) is 13.7. The third-order valence-electron chi connectivity index (χ3n) is 5.21. The number of pyridine rings is 1. The zero-order chi connectivity index (χ0) is 19.8. The lowest BCUT2D eigenvalue weighted by Crippen LogP contribution is -2.40. The Kier molecular flexibility index (Phi) is 9.35. The van der Waals surface area contributed by atoms with Crippen LogP contribution in [0, 0.1) is 5.82 Å². The van der Waals surface area contributed by atoms with Crippen LogP contribution in [-0.2, 0) is 17.8 Å². The maximum Gasteiger partial charge on any atom is 0.223 e. The number of amides is 1. The van der Waals surface area contributed by atoms with E-state index in [0.29, 0.717) is 19.4 Å². The lowest BCUT2D eigenvalue weighted by molar-refractivity contribution is -0.134. The van der Waals surface area contributed by atoms with Crippen LogP contribution in [0.2, 0.25) is 0 Å². The van der Waals surface area contributed by atoms with Crippen molar-refractivity contribution >= 4 is 18.3 Å². The number of carbonyl (C=O) groups excluding carboxylic acids is 1. The molecule has 0 saturated carbocycles. The first kappa shape index (κ1) is 23.1. The third kappa shape index (κ3) is 6.68. The van der Waals surface area contributed by atoms with Gasteiger partial charge < -0.3 is 15.0 Å². The SMILES string of the molecule is COc1ccc(CCC(=O)N(Cc2ccccn2)C2CCCNCC2)cc1F.Cl. The Hall–Kier alpha value is -2.18. The van der Waals surface area contributed by atoms with Crippen molar-refractivity contribution in [3.63, 3.8) is 0 Å². The molecule has 0 bridgehead atoms. The number of rotatable bonds is 7. The largest absolute Gasteiger partial charge is 0.494 e. The van der Waals surface area contributed by atoms with Gasteiger partial charge in [-0.15, -0.1) is 12.4 Å². The standard InChI is InChI=1S/C22H28FN3O2.ClH/c1-28-21-9-7-17(15-20(21)23)8-10-22(27)26(16-18-5-2-3-13-25-18)19-6-4-12-24-14-11-19;/h2-3,5,7,9,13,15,19,24H,4,6,8,10-12,14,16H2,1H3;1H. The Morgan fingerprint density at radius 3 is 2.86 bits per heavy atom. The van der Waals surface area contributed by atoms with Crippen molar-refractivity contribution in [3.05, 3.63) is 59.7 Å². The molecule has 0 spiro atoms. The average molecular weight is 422 g/mol. The summed E-state index contributed by atoms with van der Waals surface area (Å²) in [4.78, 5) is 19.5. The van der Waals surface area contributed by atoms with Gasteiger partial charge in [0.25, 0.3) is 0 Å². The van der Waals surface area contributed by atoms with Gasteiger partial charge in [0, 0.05) is 18.7 Å². The summed E-state index contributed by atoms with van der Waals surface area (Å²) in [5, 5.41) is 3.40. The molecule has 2 aromatic rings. The van der Waals surface area contributed by atoms with Crippen molar-refractivity contribution in [2.75, 3.05) is 20.2 Å². The lowest BCUT2D eigenvalue weighted by Gasteiger charge is -2.31. The highest BCUT2D eigenvalue weighted by molar-refractivity contribution is 5.85. The Bertz CT molecular complexity index is 768. The summed E-state index contributed by atoms with van der Waals surface area (Å²) in [6.45, 7) is 2.43. The Labute approximate surface area is 178 Å². The summed E-state index contributed by atoms with van der Waals surface area (Å²) in [6.07, 6.45) is 5.59. The minimum atomic E-state index is -0.396. The molecule has 1 aromatic heterocycles. The molecule has 1 atom stereocenters. The van der Waals surface area contributed by atoms with Crippen molar-refractivity contribution in [1.29, 1.82) is 0 Å². The van der Waals surface area contributed by atoms with Gasteiger partial charge in [0.2, 0.25) is 5.91 Å². The van der Waals surface area contributed by atoms with Gasteiger partial charge in [0.1, 0.15) is 0 Å². The number of ether oxygens (including phenoxy) is 1. The van der Waals surface area contributed by atoms with E-state index in [0.717, 1.165) is 43.6 Å². The second kappa shape index (κ2) is 11.7. The number of nitrogens with one attached hydrogen (secondary N) is 1. The fraction of sp³-hybridized carbons (Fsp3) is 0.455. The molecule has 29 heavy (non-hydrogen) atoms. The van der Waals surface area contributed by atoms with Crippen LogP contribution in [0.25, 0.3) is 0 Å². The number of carbonyl (C=O) groups is 1. The lowest BCUT2D eigenvalue weighted by atomic mass is 10.0. The molecular formula is C22H29ClFN3O2. The van der Waals surface area contributed by atoms with E-state index in [4.69, 9.17) is 4.74 Å². The number of benzene rings is 1. The van der Waals surface area contributed by atoms with E-state index in [9.17, 15) is 9.18 Å². The predicted octanol–water partition coefficient (Wildman–Crippen LogP) is 3.75. The molecule has 158 valence electrons. The number of hydrogen-bond acceptors (Lipinski definition) is 4. The molecule has 1 aromatic carbocycles. The van der Waals surface area contributed by atoms with Crippen LogP contribution >= 0.6 is 12.4 Å². The first-order valence-corrected chi connectivity index (χ1v) is 9.90. The van der Waals surface area contributed by atoms with E-state index in [-0.39, 0.29) is 30.1 Å². The van der Waals surface area contributed by atoms with Crippen LogP contribution in [-0.4, -0.2) is 42.0 Å².